The molecule has 28 heavy (non-hydrogen) atoms. The Morgan fingerprint density at radius 3 is 1.14 bits per heavy atom. The van der Waals surface area contributed by atoms with Crippen LogP contribution in [0.1, 0.15) is 0 Å². The van der Waals surface area contributed by atoms with E-state index in [4.69, 9.17) is 0 Å². The molecule has 142 valence electrons. The van der Waals surface area contributed by atoms with Gasteiger partial charge in [0, 0.05) is 28.0 Å². The van der Waals surface area contributed by atoms with E-state index in [0.717, 1.165) is 19.6 Å². The molecular formula is C24H22OS3. The van der Waals surface area contributed by atoms with Crippen LogP contribution in [0.25, 0.3) is 0 Å². The molecule has 1 nitrogen and oxygen atoms in total. The number of benzene rings is 4. The molecule has 0 aliphatic heterocycles. The highest BCUT2D eigenvalue weighted by Crippen LogP contribution is 2.47. The van der Waals surface area contributed by atoms with Gasteiger partial charge in [0.2, 0.25) is 0 Å². The van der Waals surface area contributed by atoms with Crippen LogP contribution in [-0.4, -0.2) is 4.21 Å². The molecule has 4 aromatic carbocycles. The Kier molecular flexibility index (Phi) is 6.32. The maximum atomic E-state index is 14.2. The van der Waals surface area contributed by atoms with Crippen LogP contribution in [-0.2, 0) is 17.8 Å². The number of rotatable bonds is 5. The van der Waals surface area contributed by atoms with Crippen molar-refractivity contribution < 1.29 is 4.21 Å². The minimum absolute atomic E-state index is 0.489. The van der Waals surface area contributed by atoms with Gasteiger partial charge in [0.1, 0.15) is 0 Å². The molecule has 0 saturated carbocycles. The van der Waals surface area contributed by atoms with Crippen molar-refractivity contribution in [2.24, 2.45) is 0 Å². The van der Waals surface area contributed by atoms with Gasteiger partial charge in [-0.1, -0.05) is 82.3 Å². The molecule has 4 heteroatoms. The average Bonchev–Trinajstić information content (AvgIpc) is 2.77. The number of hydrogen-bond donors (Lipinski definition) is 2. The van der Waals surface area contributed by atoms with E-state index in [2.05, 4.69) is 48.5 Å². The van der Waals surface area contributed by atoms with E-state index in [1.807, 2.05) is 72.8 Å². The highest BCUT2D eigenvalue weighted by atomic mass is 33.4. The SMILES string of the molecule is O=[SH](=S(c1ccccc1)c1ccccc1)[SH](c1ccccc1)c1ccccc1. The first kappa shape index (κ1) is 19.1. The normalized spacial score (nSPS) is 12.5. The Hall–Kier alpha value is -2.27. The molecule has 0 radical (unpaired) electrons. The highest BCUT2D eigenvalue weighted by molar-refractivity contribution is 8.89. The second-order valence-corrected chi connectivity index (χ2v) is 15.0. The zero-order valence-electron chi connectivity index (χ0n) is 15.3. The Morgan fingerprint density at radius 2 is 0.786 bits per heavy atom. The fourth-order valence-electron chi connectivity index (χ4n) is 2.97. The minimum Gasteiger partial charge on any atom is -0.254 e. The molecule has 0 amide bonds. The molecule has 1 unspecified atom stereocenters. The fourth-order valence-corrected chi connectivity index (χ4v) is 15.3. The van der Waals surface area contributed by atoms with Crippen molar-refractivity contribution in [2.45, 2.75) is 19.6 Å². The maximum absolute atomic E-state index is 14.2. The molecule has 1 atom stereocenters. The van der Waals surface area contributed by atoms with Crippen LogP contribution in [0, 0.1) is 0 Å². The van der Waals surface area contributed by atoms with Crippen molar-refractivity contribution >= 4 is 27.8 Å². The predicted octanol–water partition coefficient (Wildman–Crippen LogP) is 6.15. The Morgan fingerprint density at radius 1 is 0.464 bits per heavy atom. The van der Waals surface area contributed by atoms with Crippen molar-refractivity contribution in [3.8, 4) is 0 Å². The van der Waals surface area contributed by atoms with Gasteiger partial charge in [0.05, 0.1) is 0 Å². The van der Waals surface area contributed by atoms with Crippen molar-refractivity contribution in [1.29, 1.82) is 0 Å². The summed E-state index contributed by atoms with van der Waals surface area (Å²) in [6, 6.07) is 41.2. The Labute approximate surface area is 172 Å². The molecular weight excluding hydrogens is 400 g/mol. The van der Waals surface area contributed by atoms with E-state index in [9.17, 15) is 4.21 Å². The second kappa shape index (κ2) is 9.28. The van der Waals surface area contributed by atoms with Crippen molar-refractivity contribution in [3.63, 3.8) is 0 Å². The van der Waals surface area contributed by atoms with Crippen molar-refractivity contribution in [1.82, 2.24) is 0 Å². The van der Waals surface area contributed by atoms with Gasteiger partial charge in [0.25, 0.3) is 0 Å². The van der Waals surface area contributed by atoms with Gasteiger partial charge in [-0.2, -0.15) is 0 Å². The van der Waals surface area contributed by atoms with Crippen LogP contribution in [0.5, 0.6) is 0 Å². The van der Waals surface area contributed by atoms with Crippen LogP contribution in [0.15, 0.2) is 141 Å². The first-order valence-electron chi connectivity index (χ1n) is 9.06. The monoisotopic (exact) mass is 422 g/mol. The first-order valence-corrected chi connectivity index (χ1v) is 14.2. The van der Waals surface area contributed by atoms with Crippen LogP contribution in [0.4, 0.5) is 0 Å². The van der Waals surface area contributed by atoms with Gasteiger partial charge in [-0.25, -0.2) is 0 Å². The van der Waals surface area contributed by atoms with Crippen LogP contribution in [0.2, 0.25) is 0 Å². The zero-order chi connectivity index (χ0) is 19.2. The van der Waals surface area contributed by atoms with Crippen LogP contribution < -0.4 is 0 Å². The third-order valence-electron chi connectivity index (χ3n) is 4.25. The molecule has 0 fully saturated rings. The minimum atomic E-state index is -1.57. The van der Waals surface area contributed by atoms with Gasteiger partial charge in [-0.15, -0.1) is 9.93 Å². The smallest absolute Gasteiger partial charge is 0.0312 e. The summed E-state index contributed by atoms with van der Waals surface area (Å²) in [5, 5.41) is 0. The Balaban J connectivity index is 1.99. The van der Waals surface area contributed by atoms with Crippen molar-refractivity contribution in [2.75, 3.05) is 0 Å². The summed E-state index contributed by atoms with van der Waals surface area (Å²) in [7, 11) is -3.04. The lowest BCUT2D eigenvalue weighted by atomic mass is 10.4. The third kappa shape index (κ3) is 4.25. The quantitative estimate of drug-likeness (QED) is 0.291. The van der Waals surface area contributed by atoms with Gasteiger partial charge in [0.15, 0.2) is 0 Å². The van der Waals surface area contributed by atoms with Gasteiger partial charge >= 0.3 is 0 Å². The largest absolute Gasteiger partial charge is 0.254 e. The molecule has 0 aliphatic rings. The highest BCUT2D eigenvalue weighted by Gasteiger charge is 2.15. The second-order valence-electron chi connectivity index (χ2n) is 6.13. The van der Waals surface area contributed by atoms with E-state index in [1.54, 1.807) is 0 Å². The van der Waals surface area contributed by atoms with E-state index in [1.165, 1.54) is 0 Å². The summed E-state index contributed by atoms with van der Waals surface area (Å²) in [6.45, 7) is 0. The van der Waals surface area contributed by atoms with Gasteiger partial charge in [-0.3, -0.25) is 4.21 Å². The molecule has 0 N–H and O–H groups in total. The summed E-state index contributed by atoms with van der Waals surface area (Å²) in [6.07, 6.45) is 0. The van der Waals surface area contributed by atoms with E-state index in [0.29, 0.717) is 0 Å². The first-order chi connectivity index (χ1) is 13.8. The lowest BCUT2D eigenvalue weighted by molar-refractivity contribution is 0.699. The number of thiol groups is 2. The van der Waals surface area contributed by atoms with E-state index < -0.39 is 27.8 Å². The topological polar surface area (TPSA) is 17.1 Å². The maximum Gasteiger partial charge on any atom is 0.0312 e. The summed E-state index contributed by atoms with van der Waals surface area (Å²) in [4.78, 5) is 4.59. The molecule has 0 saturated heterocycles. The third-order valence-corrected chi connectivity index (χ3v) is 15.4. The van der Waals surface area contributed by atoms with E-state index in [-0.39, 0.29) is 0 Å². The Bertz CT molecular complexity index is 1020. The lowest BCUT2D eigenvalue weighted by Gasteiger charge is -2.22. The van der Waals surface area contributed by atoms with Crippen LogP contribution in [0.3, 0.4) is 0 Å². The predicted molar refractivity (Wildman–Crippen MR) is 125 cm³/mol. The molecule has 0 heterocycles. The standard InChI is InChI=1S/C24H22OS3/c25-28(26(21-13-5-1-6-14-21)22-15-7-2-8-16-22)27(23-17-9-3-10-18-23)24-19-11-4-12-20-24/h1-20,26,28H. The summed E-state index contributed by atoms with van der Waals surface area (Å²) >= 11 is 0. The fraction of sp³-hybridized carbons (Fsp3) is 0. The molecule has 0 aliphatic carbocycles. The molecule has 0 spiro atoms. The average molecular weight is 423 g/mol. The summed E-state index contributed by atoms with van der Waals surface area (Å²) in [5.41, 5.74) is 0. The summed E-state index contributed by atoms with van der Waals surface area (Å²) in [5.74, 6) is 0. The lowest BCUT2D eigenvalue weighted by Crippen LogP contribution is -1.99. The number of hydrogen-bond acceptors (Lipinski definition) is 1. The zero-order valence-corrected chi connectivity index (χ0v) is 17.9. The van der Waals surface area contributed by atoms with E-state index >= 15 is 0 Å². The molecule has 0 aromatic heterocycles. The van der Waals surface area contributed by atoms with Gasteiger partial charge < -0.3 is 0 Å². The molecule has 0 bridgehead atoms. The summed E-state index contributed by atoms with van der Waals surface area (Å²) < 4.78 is 14.2. The van der Waals surface area contributed by atoms with Crippen molar-refractivity contribution in [3.05, 3.63) is 121 Å². The van der Waals surface area contributed by atoms with Crippen LogP contribution >= 0.6 is 9.93 Å². The molecule has 4 rings (SSSR count). The van der Waals surface area contributed by atoms with Gasteiger partial charge in [-0.05, 0) is 48.5 Å². The molecule has 4 aromatic rings.